The maximum atomic E-state index is 13.0. The third kappa shape index (κ3) is 4.02. The molecule has 0 aliphatic rings. The summed E-state index contributed by atoms with van der Waals surface area (Å²) in [6.45, 7) is 0. The summed E-state index contributed by atoms with van der Waals surface area (Å²) < 4.78 is 55.7. The van der Waals surface area contributed by atoms with E-state index in [9.17, 15) is 18.0 Å². The van der Waals surface area contributed by atoms with E-state index in [1.807, 2.05) is 0 Å². The molecule has 3 rings (SSSR count). The van der Waals surface area contributed by atoms with Crippen LogP contribution < -0.4 is 19.5 Å². The monoisotopic (exact) mass is 421 g/mol. The van der Waals surface area contributed by atoms with E-state index in [1.54, 1.807) is 6.07 Å². The molecule has 30 heavy (non-hydrogen) atoms. The first-order chi connectivity index (χ1) is 14.3. The van der Waals surface area contributed by atoms with Crippen LogP contribution in [0.1, 0.15) is 16.1 Å². The fraction of sp³-hybridized carbons (Fsp3) is 0.200. The quantitative estimate of drug-likeness (QED) is 0.647. The molecule has 0 unspecified atom stereocenters. The summed E-state index contributed by atoms with van der Waals surface area (Å²) >= 11 is 0. The summed E-state index contributed by atoms with van der Waals surface area (Å²) in [5.74, 6) is 0.365. The molecule has 0 saturated heterocycles. The normalized spacial score (nSPS) is 11.1. The largest absolute Gasteiger partial charge is 0.493 e. The number of alkyl halides is 3. The molecule has 1 amide bonds. The van der Waals surface area contributed by atoms with Crippen molar-refractivity contribution in [2.45, 2.75) is 6.18 Å². The van der Waals surface area contributed by atoms with Gasteiger partial charge in [0.05, 0.1) is 38.8 Å². The highest BCUT2D eigenvalue weighted by atomic mass is 19.4. The molecule has 0 aliphatic heterocycles. The lowest BCUT2D eigenvalue weighted by atomic mass is 10.1. The van der Waals surface area contributed by atoms with Crippen molar-refractivity contribution in [3.8, 4) is 22.9 Å². The molecule has 10 heteroatoms. The lowest BCUT2D eigenvalue weighted by Crippen LogP contribution is -2.15. The van der Waals surface area contributed by atoms with E-state index in [4.69, 9.17) is 14.2 Å². The highest BCUT2D eigenvalue weighted by Gasteiger charge is 2.35. The van der Waals surface area contributed by atoms with Crippen molar-refractivity contribution in [2.24, 2.45) is 0 Å². The molecule has 0 aliphatic carbocycles. The standard InChI is InChI=1S/C20H18F3N3O4/c1-28-15-9-8-14(17(29-2)18(15)30-3)19(27)25-12-4-6-13(7-5-12)26-16(10-11-24-26)20(21,22)23/h4-11H,1-3H3,(H,25,27). The van der Waals surface area contributed by atoms with Crippen LogP contribution in [0, 0.1) is 0 Å². The number of carbonyl (C=O) groups is 1. The first-order valence-electron chi connectivity index (χ1n) is 8.62. The molecule has 0 bridgehead atoms. The number of carbonyl (C=O) groups excluding carboxylic acids is 1. The van der Waals surface area contributed by atoms with Crippen molar-refractivity contribution < 1.29 is 32.2 Å². The van der Waals surface area contributed by atoms with Gasteiger partial charge in [-0.25, -0.2) is 4.68 Å². The lowest BCUT2D eigenvalue weighted by Gasteiger charge is -2.15. The van der Waals surface area contributed by atoms with Crippen LogP contribution in [0.2, 0.25) is 0 Å². The van der Waals surface area contributed by atoms with Gasteiger partial charge in [0, 0.05) is 5.69 Å². The van der Waals surface area contributed by atoms with Gasteiger partial charge < -0.3 is 19.5 Å². The molecular formula is C20H18F3N3O4. The number of methoxy groups -OCH3 is 3. The first-order valence-corrected chi connectivity index (χ1v) is 8.62. The van der Waals surface area contributed by atoms with Crippen LogP contribution in [0.3, 0.4) is 0 Å². The minimum atomic E-state index is -4.53. The van der Waals surface area contributed by atoms with Crippen LogP contribution >= 0.6 is 0 Å². The van der Waals surface area contributed by atoms with Crippen molar-refractivity contribution in [3.63, 3.8) is 0 Å². The van der Waals surface area contributed by atoms with E-state index in [0.29, 0.717) is 11.4 Å². The summed E-state index contributed by atoms with van der Waals surface area (Å²) in [6, 6.07) is 9.76. The number of nitrogens with zero attached hydrogens (tertiary/aromatic N) is 2. The zero-order chi connectivity index (χ0) is 21.9. The van der Waals surface area contributed by atoms with Gasteiger partial charge in [-0.05, 0) is 42.5 Å². The first kappa shape index (κ1) is 21.0. The lowest BCUT2D eigenvalue weighted by molar-refractivity contribution is -0.142. The van der Waals surface area contributed by atoms with Gasteiger partial charge in [0.15, 0.2) is 11.5 Å². The maximum Gasteiger partial charge on any atom is 0.433 e. The Balaban J connectivity index is 1.85. The number of hydrogen-bond donors (Lipinski definition) is 1. The van der Waals surface area contributed by atoms with Crippen LogP contribution in [-0.4, -0.2) is 37.0 Å². The molecule has 0 radical (unpaired) electrons. The van der Waals surface area contributed by atoms with Crippen LogP contribution in [0.5, 0.6) is 17.2 Å². The van der Waals surface area contributed by atoms with Crippen LogP contribution in [-0.2, 0) is 6.18 Å². The Labute approximate surface area is 170 Å². The molecule has 0 spiro atoms. The molecule has 1 heterocycles. The highest BCUT2D eigenvalue weighted by Crippen LogP contribution is 2.40. The van der Waals surface area contributed by atoms with Crippen LogP contribution in [0.4, 0.5) is 18.9 Å². The molecule has 0 atom stereocenters. The van der Waals surface area contributed by atoms with Crippen molar-refractivity contribution in [2.75, 3.05) is 26.6 Å². The number of rotatable bonds is 6. The van der Waals surface area contributed by atoms with Crippen LogP contribution in [0.25, 0.3) is 5.69 Å². The second kappa shape index (κ2) is 8.36. The van der Waals surface area contributed by atoms with E-state index in [0.717, 1.165) is 16.9 Å². The topological polar surface area (TPSA) is 74.6 Å². The number of aromatic nitrogens is 2. The Kier molecular flexibility index (Phi) is 5.86. The number of benzene rings is 2. The predicted molar refractivity (Wildman–Crippen MR) is 103 cm³/mol. The van der Waals surface area contributed by atoms with Gasteiger partial charge in [-0.2, -0.15) is 18.3 Å². The molecular weight excluding hydrogens is 403 g/mol. The van der Waals surface area contributed by atoms with Gasteiger partial charge in [-0.1, -0.05) is 0 Å². The molecule has 2 aromatic carbocycles. The summed E-state index contributed by atoms with van der Waals surface area (Å²) in [5, 5.41) is 6.39. The molecule has 1 aromatic heterocycles. The fourth-order valence-corrected chi connectivity index (χ4v) is 2.89. The second-order valence-electron chi connectivity index (χ2n) is 6.01. The number of halogens is 3. The Morgan fingerprint density at radius 3 is 2.17 bits per heavy atom. The average molecular weight is 421 g/mol. The minimum Gasteiger partial charge on any atom is -0.493 e. The van der Waals surface area contributed by atoms with Gasteiger partial charge in [-0.3, -0.25) is 4.79 Å². The third-order valence-electron chi connectivity index (χ3n) is 4.25. The number of nitrogens with one attached hydrogen (secondary N) is 1. The smallest absolute Gasteiger partial charge is 0.433 e. The molecule has 0 fully saturated rings. The van der Waals surface area contributed by atoms with Crippen molar-refractivity contribution in [1.29, 1.82) is 0 Å². The van der Waals surface area contributed by atoms with E-state index in [-0.39, 0.29) is 22.7 Å². The molecule has 7 nitrogen and oxygen atoms in total. The van der Waals surface area contributed by atoms with E-state index < -0.39 is 17.8 Å². The fourth-order valence-electron chi connectivity index (χ4n) is 2.89. The Bertz CT molecular complexity index is 1050. The van der Waals surface area contributed by atoms with Crippen LogP contribution in [0.15, 0.2) is 48.7 Å². The summed E-state index contributed by atoms with van der Waals surface area (Å²) in [4.78, 5) is 12.7. The summed E-state index contributed by atoms with van der Waals surface area (Å²) in [7, 11) is 4.28. The van der Waals surface area contributed by atoms with Crippen molar-refractivity contribution in [1.82, 2.24) is 9.78 Å². The SMILES string of the molecule is COc1ccc(C(=O)Nc2ccc(-n3nccc3C(F)(F)F)cc2)c(OC)c1OC. The zero-order valence-corrected chi connectivity index (χ0v) is 16.3. The van der Waals surface area contributed by atoms with Gasteiger partial charge in [-0.15, -0.1) is 0 Å². The van der Waals surface area contributed by atoms with E-state index in [2.05, 4.69) is 10.4 Å². The number of amides is 1. The molecule has 1 N–H and O–H groups in total. The summed E-state index contributed by atoms with van der Waals surface area (Å²) in [5.41, 5.74) is -0.115. The zero-order valence-electron chi connectivity index (χ0n) is 16.3. The summed E-state index contributed by atoms with van der Waals surface area (Å²) in [6.07, 6.45) is -3.46. The molecule has 3 aromatic rings. The number of anilines is 1. The van der Waals surface area contributed by atoms with Gasteiger partial charge in [0.2, 0.25) is 5.75 Å². The Morgan fingerprint density at radius 2 is 1.60 bits per heavy atom. The number of ether oxygens (including phenoxy) is 3. The van der Waals surface area contributed by atoms with Crippen molar-refractivity contribution >= 4 is 11.6 Å². The van der Waals surface area contributed by atoms with Gasteiger partial charge >= 0.3 is 6.18 Å². The van der Waals surface area contributed by atoms with E-state index >= 15 is 0 Å². The highest BCUT2D eigenvalue weighted by molar-refractivity contribution is 6.07. The van der Waals surface area contributed by atoms with Gasteiger partial charge in [0.1, 0.15) is 5.69 Å². The van der Waals surface area contributed by atoms with E-state index in [1.165, 1.54) is 51.7 Å². The maximum absolute atomic E-state index is 13.0. The Morgan fingerprint density at radius 1 is 0.933 bits per heavy atom. The Hall–Kier alpha value is -3.69. The average Bonchev–Trinajstić information content (AvgIpc) is 3.23. The van der Waals surface area contributed by atoms with Crippen molar-refractivity contribution in [3.05, 3.63) is 59.9 Å². The predicted octanol–water partition coefficient (Wildman–Crippen LogP) is 4.17. The minimum absolute atomic E-state index is 0.192. The van der Waals surface area contributed by atoms with Gasteiger partial charge in [0.25, 0.3) is 5.91 Å². The molecule has 0 saturated carbocycles. The second-order valence-corrected chi connectivity index (χ2v) is 6.01. The molecule has 158 valence electrons. The number of hydrogen-bond acceptors (Lipinski definition) is 5. The third-order valence-corrected chi connectivity index (χ3v) is 4.25.